The first kappa shape index (κ1) is 31.8. The standard InChI is InChI=1S/C31H44N8O.CH4/c1-20(2)17-38(7)30-36-28(35-29(37-30)34-26-16-23(27(32)40)11-8-21(26)3)33-25-14-15-39(19-25)18-22-9-12-24(13-10-22)31(4,5)6;/h8-13,16,20,25H,14-15,17-19H2,1-7H3,(H2,32,40)(H2,33,34,35,36,37);1H4/t25-;/m0./s1. The van der Waals surface area contributed by atoms with Gasteiger partial charge in [-0.1, -0.05) is 72.4 Å². The van der Waals surface area contributed by atoms with Gasteiger partial charge in [-0.15, -0.1) is 0 Å². The molecule has 0 saturated carbocycles. The third-order valence-corrected chi connectivity index (χ3v) is 7.20. The number of likely N-dealkylation sites (tertiary alicyclic amines) is 1. The average Bonchev–Trinajstić information content (AvgIpc) is 3.31. The Morgan fingerprint density at radius 2 is 1.78 bits per heavy atom. The molecule has 0 aliphatic carbocycles. The first-order chi connectivity index (χ1) is 18.9. The molecule has 4 N–H and O–H groups in total. The molecule has 2 aromatic carbocycles. The molecule has 4 rings (SSSR count). The monoisotopic (exact) mass is 560 g/mol. The SMILES string of the molecule is C.Cc1ccc(C(N)=O)cc1Nc1nc(N[C@H]2CCN(Cc3ccc(C(C)(C)C)cc3)C2)nc(N(C)CC(C)C)n1. The maximum atomic E-state index is 11.7. The largest absolute Gasteiger partial charge is 0.366 e. The highest BCUT2D eigenvalue weighted by atomic mass is 16.1. The number of amides is 1. The summed E-state index contributed by atoms with van der Waals surface area (Å²) in [5.41, 5.74) is 10.5. The number of nitrogens with one attached hydrogen (secondary N) is 2. The zero-order valence-corrected chi connectivity index (χ0v) is 25.0. The van der Waals surface area contributed by atoms with Crippen LogP contribution >= 0.6 is 0 Å². The number of rotatable bonds is 10. The van der Waals surface area contributed by atoms with Gasteiger partial charge in [0.1, 0.15) is 0 Å². The number of nitrogens with zero attached hydrogens (tertiary/aromatic N) is 5. The van der Waals surface area contributed by atoms with Gasteiger partial charge in [-0.25, -0.2) is 0 Å². The van der Waals surface area contributed by atoms with Crippen molar-refractivity contribution in [2.45, 2.75) is 73.4 Å². The molecule has 1 aromatic heterocycles. The Morgan fingerprint density at radius 1 is 1.10 bits per heavy atom. The molecule has 0 bridgehead atoms. The van der Waals surface area contributed by atoms with Crippen molar-refractivity contribution < 1.29 is 4.79 Å². The summed E-state index contributed by atoms with van der Waals surface area (Å²) in [4.78, 5) is 30.4. The Balaban J connectivity index is 0.00000462. The highest BCUT2D eigenvalue weighted by Gasteiger charge is 2.24. The molecule has 1 aliphatic rings. The van der Waals surface area contributed by atoms with Gasteiger partial charge in [0.2, 0.25) is 23.8 Å². The predicted molar refractivity (Wildman–Crippen MR) is 170 cm³/mol. The fourth-order valence-electron chi connectivity index (χ4n) is 4.96. The zero-order chi connectivity index (χ0) is 29.0. The van der Waals surface area contributed by atoms with Gasteiger partial charge in [0.25, 0.3) is 0 Å². The first-order valence-corrected chi connectivity index (χ1v) is 14.1. The molecule has 1 saturated heterocycles. The normalized spacial score (nSPS) is 15.5. The molecule has 9 heteroatoms. The van der Waals surface area contributed by atoms with Gasteiger partial charge in [0.05, 0.1) is 0 Å². The highest BCUT2D eigenvalue weighted by molar-refractivity contribution is 5.94. The Hall–Kier alpha value is -3.72. The van der Waals surface area contributed by atoms with Crippen molar-refractivity contribution in [3.63, 3.8) is 0 Å². The molecule has 1 fully saturated rings. The van der Waals surface area contributed by atoms with E-state index in [2.05, 4.69) is 74.4 Å². The van der Waals surface area contributed by atoms with Crippen LogP contribution in [-0.2, 0) is 12.0 Å². The van der Waals surface area contributed by atoms with Gasteiger partial charge in [0.15, 0.2) is 0 Å². The second-order valence-corrected chi connectivity index (χ2v) is 12.4. The molecular formula is C32H48N8O. The topological polar surface area (TPSA) is 112 Å². The van der Waals surface area contributed by atoms with Crippen molar-refractivity contribution in [1.29, 1.82) is 0 Å². The summed E-state index contributed by atoms with van der Waals surface area (Å²) >= 11 is 0. The Morgan fingerprint density at radius 3 is 2.41 bits per heavy atom. The lowest BCUT2D eigenvalue weighted by atomic mass is 9.87. The Kier molecular flexibility index (Phi) is 10.3. The third kappa shape index (κ3) is 8.63. The maximum absolute atomic E-state index is 11.7. The summed E-state index contributed by atoms with van der Waals surface area (Å²) in [6.45, 7) is 16.7. The van der Waals surface area contributed by atoms with Gasteiger partial charge in [-0.05, 0) is 53.5 Å². The van der Waals surface area contributed by atoms with E-state index in [0.29, 0.717) is 29.3 Å². The van der Waals surface area contributed by atoms with Crippen LogP contribution in [-0.4, -0.2) is 58.5 Å². The van der Waals surface area contributed by atoms with Crippen LogP contribution in [0.5, 0.6) is 0 Å². The van der Waals surface area contributed by atoms with Gasteiger partial charge in [0, 0.05) is 50.5 Å². The molecule has 1 aliphatic heterocycles. The molecule has 0 radical (unpaired) electrons. The molecule has 2 heterocycles. The van der Waals surface area contributed by atoms with Crippen LogP contribution in [0.3, 0.4) is 0 Å². The number of aromatic nitrogens is 3. The van der Waals surface area contributed by atoms with Crippen LogP contribution in [0.15, 0.2) is 42.5 Å². The number of primary amides is 1. The lowest BCUT2D eigenvalue weighted by molar-refractivity contribution is 0.100. The first-order valence-electron chi connectivity index (χ1n) is 14.1. The summed E-state index contributed by atoms with van der Waals surface area (Å²) in [5.74, 6) is 1.51. The summed E-state index contributed by atoms with van der Waals surface area (Å²) in [5, 5.41) is 6.85. The van der Waals surface area contributed by atoms with Crippen molar-refractivity contribution in [3.8, 4) is 0 Å². The minimum absolute atomic E-state index is 0. The molecule has 9 nitrogen and oxygen atoms in total. The van der Waals surface area contributed by atoms with Crippen molar-refractivity contribution in [1.82, 2.24) is 19.9 Å². The molecular weight excluding hydrogens is 512 g/mol. The quantitative estimate of drug-likeness (QED) is 0.288. The number of carbonyl (C=O) groups is 1. The number of nitrogens with two attached hydrogens (primary N) is 1. The van der Waals surface area contributed by atoms with E-state index in [0.717, 1.165) is 43.9 Å². The second kappa shape index (κ2) is 13.3. The minimum atomic E-state index is -0.477. The smallest absolute Gasteiger partial charge is 0.248 e. The fraction of sp³-hybridized carbons (Fsp3) is 0.500. The molecule has 3 aromatic rings. The third-order valence-electron chi connectivity index (χ3n) is 7.20. The van der Waals surface area contributed by atoms with Crippen LogP contribution in [0, 0.1) is 12.8 Å². The fourth-order valence-corrected chi connectivity index (χ4v) is 4.96. The summed E-state index contributed by atoms with van der Waals surface area (Å²) in [6, 6.07) is 14.5. The number of hydrogen-bond donors (Lipinski definition) is 3. The average molecular weight is 561 g/mol. The van der Waals surface area contributed by atoms with E-state index >= 15 is 0 Å². The molecule has 1 atom stereocenters. The van der Waals surface area contributed by atoms with Crippen molar-refractivity contribution >= 4 is 29.4 Å². The van der Waals surface area contributed by atoms with Crippen molar-refractivity contribution in [3.05, 3.63) is 64.7 Å². The van der Waals surface area contributed by atoms with Gasteiger partial charge in [-0.3, -0.25) is 9.69 Å². The molecule has 41 heavy (non-hydrogen) atoms. The van der Waals surface area contributed by atoms with Crippen molar-refractivity contribution in [2.24, 2.45) is 11.7 Å². The lowest BCUT2D eigenvalue weighted by Crippen LogP contribution is -2.28. The van der Waals surface area contributed by atoms with Crippen LogP contribution in [0.2, 0.25) is 0 Å². The number of carbonyl (C=O) groups excluding carboxylic acids is 1. The summed E-state index contributed by atoms with van der Waals surface area (Å²) in [6.07, 6.45) is 1.01. The van der Waals surface area contributed by atoms with Crippen LogP contribution < -0.4 is 21.3 Å². The predicted octanol–water partition coefficient (Wildman–Crippen LogP) is 5.73. The van der Waals surface area contributed by atoms with E-state index in [-0.39, 0.29) is 18.9 Å². The summed E-state index contributed by atoms with van der Waals surface area (Å²) < 4.78 is 0. The summed E-state index contributed by atoms with van der Waals surface area (Å²) in [7, 11) is 1.99. The van der Waals surface area contributed by atoms with E-state index in [1.165, 1.54) is 11.1 Å². The minimum Gasteiger partial charge on any atom is -0.366 e. The Bertz CT molecular complexity index is 1320. The van der Waals surface area contributed by atoms with E-state index in [4.69, 9.17) is 20.7 Å². The molecule has 222 valence electrons. The van der Waals surface area contributed by atoms with E-state index in [1.54, 1.807) is 12.1 Å². The number of hydrogen-bond acceptors (Lipinski definition) is 8. The van der Waals surface area contributed by atoms with Gasteiger partial charge >= 0.3 is 0 Å². The van der Waals surface area contributed by atoms with Gasteiger partial charge in [-0.2, -0.15) is 15.0 Å². The lowest BCUT2D eigenvalue weighted by Gasteiger charge is -2.22. The molecule has 0 unspecified atom stereocenters. The number of aryl methyl sites for hydroxylation is 1. The second-order valence-electron chi connectivity index (χ2n) is 12.4. The maximum Gasteiger partial charge on any atom is 0.248 e. The molecule has 0 spiro atoms. The van der Waals surface area contributed by atoms with Crippen LogP contribution in [0.1, 0.15) is 75.5 Å². The van der Waals surface area contributed by atoms with Gasteiger partial charge < -0.3 is 21.3 Å². The van der Waals surface area contributed by atoms with E-state index in [9.17, 15) is 4.79 Å². The van der Waals surface area contributed by atoms with Crippen molar-refractivity contribution in [2.75, 3.05) is 42.2 Å². The Labute approximate surface area is 246 Å². The van der Waals surface area contributed by atoms with Crippen LogP contribution in [0.25, 0.3) is 0 Å². The molecule has 1 amide bonds. The number of benzene rings is 2. The zero-order valence-electron chi connectivity index (χ0n) is 25.0. The van der Waals surface area contributed by atoms with E-state index in [1.807, 2.05) is 24.9 Å². The number of anilines is 4. The van der Waals surface area contributed by atoms with E-state index < -0.39 is 5.91 Å². The highest BCUT2D eigenvalue weighted by Crippen LogP contribution is 2.25. The van der Waals surface area contributed by atoms with Crippen LogP contribution in [0.4, 0.5) is 23.5 Å².